The van der Waals surface area contributed by atoms with Crippen molar-refractivity contribution in [2.45, 2.75) is 19.4 Å². The minimum absolute atomic E-state index is 0.00111. The van der Waals surface area contributed by atoms with Crippen molar-refractivity contribution in [2.24, 2.45) is 5.92 Å². The predicted molar refractivity (Wildman–Crippen MR) is 49.2 cm³/mol. The van der Waals surface area contributed by atoms with Crippen LogP contribution in [0, 0.1) is 5.92 Å². The van der Waals surface area contributed by atoms with Crippen molar-refractivity contribution in [1.29, 1.82) is 0 Å². The van der Waals surface area contributed by atoms with Gasteiger partial charge in [-0.25, -0.2) is 4.98 Å². The summed E-state index contributed by atoms with van der Waals surface area (Å²) in [6.07, 6.45) is 2.77. The number of anilines is 1. The minimum Gasteiger partial charge on any atom is -0.481 e. The molecule has 1 saturated heterocycles. The number of amides is 1. The molecule has 0 spiro atoms. The molecule has 1 fully saturated rings. The van der Waals surface area contributed by atoms with Gasteiger partial charge in [0.05, 0.1) is 18.2 Å². The van der Waals surface area contributed by atoms with Gasteiger partial charge in [0.1, 0.15) is 6.26 Å². The Balaban J connectivity index is 2.28. The Bertz CT molecular complexity index is 387. The number of carbonyl (C=O) groups is 2. The quantitative estimate of drug-likeness (QED) is 0.768. The third kappa shape index (κ3) is 1.47. The molecule has 1 aliphatic heterocycles. The Hall–Kier alpha value is -1.85. The van der Waals surface area contributed by atoms with Gasteiger partial charge in [-0.3, -0.25) is 14.5 Å². The van der Waals surface area contributed by atoms with E-state index in [1.807, 2.05) is 0 Å². The van der Waals surface area contributed by atoms with Crippen LogP contribution in [0.4, 0.5) is 6.01 Å². The Labute approximate surface area is 85.5 Å². The van der Waals surface area contributed by atoms with E-state index in [2.05, 4.69) is 4.98 Å². The fourth-order valence-electron chi connectivity index (χ4n) is 1.77. The molecule has 0 aromatic carbocycles. The van der Waals surface area contributed by atoms with E-state index in [4.69, 9.17) is 9.52 Å². The number of hydrogen-bond acceptors (Lipinski definition) is 4. The van der Waals surface area contributed by atoms with Crippen LogP contribution >= 0.6 is 0 Å². The van der Waals surface area contributed by atoms with Crippen molar-refractivity contribution in [2.75, 3.05) is 4.90 Å². The maximum Gasteiger partial charge on any atom is 0.309 e. The standard InChI is InChI=1S/C9H10N2O4/c1-5-6(8(13)14)4-7(12)11(5)9-10-2-3-15-9/h2-3,5-6H,4H2,1H3,(H,13,14)/t5-,6+/m1/s1. The van der Waals surface area contributed by atoms with Crippen LogP contribution < -0.4 is 4.90 Å². The monoisotopic (exact) mass is 210 g/mol. The molecule has 2 heterocycles. The van der Waals surface area contributed by atoms with E-state index in [0.29, 0.717) is 0 Å². The van der Waals surface area contributed by atoms with E-state index < -0.39 is 17.9 Å². The number of rotatable bonds is 2. The zero-order valence-electron chi connectivity index (χ0n) is 8.08. The summed E-state index contributed by atoms with van der Waals surface area (Å²) in [7, 11) is 0. The molecule has 2 rings (SSSR count). The van der Waals surface area contributed by atoms with Gasteiger partial charge in [0.2, 0.25) is 5.91 Å². The summed E-state index contributed by atoms with van der Waals surface area (Å²) in [5.74, 6) is -1.92. The summed E-state index contributed by atoms with van der Waals surface area (Å²) in [4.78, 5) is 27.5. The van der Waals surface area contributed by atoms with Gasteiger partial charge in [-0.05, 0) is 6.92 Å². The van der Waals surface area contributed by atoms with E-state index in [1.54, 1.807) is 6.92 Å². The molecule has 0 unspecified atom stereocenters. The average Bonchev–Trinajstić information content (AvgIpc) is 2.73. The molecule has 6 heteroatoms. The third-order valence-electron chi connectivity index (χ3n) is 2.60. The zero-order chi connectivity index (χ0) is 11.0. The SMILES string of the molecule is C[C@@H]1[C@@H](C(=O)O)CC(=O)N1c1ncco1. The highest BCUT2D eigenvalue weighted by atomic mass is 16.4. The first-order valence-electron chi connectivity index (χ1n) is 4.55. The normalized spacial score (nSPS) is 25.9. The fourth-order valence-corrected chi connectivity index (χ4v) is 1.77. The molecule has 0 aliphatic carbocycles. The average molecular weight is 210 g/mol. The predicted octanol–water partition coefficient (Wildman–Crippen LogP) is 0.501. The minimum atomic E-state index is -0.968. The molecular weight excluding hydrogens is 200 g/mol. The molecule has 1 N–H and O–H groups in total. The van der Waals surface area contributed by atoms with Gasteiger partial charge >= 0.3 is 12.0 Å². The molecule has 1 aromatic heterocycles. The van der Waals surface area contributed by atoms with Gasteiger partial charge < -0.3 is 9.52 Å². The lowest BCUT2D eigenvalue weighted by molar-refractivity contribution is -0.142. The third-order valence-corrected chi connectivity index (χ3v) is 2.60. The van der Waals surface area contributed by atoms with Crippen molar-refractivity contribution in [3.05, 3.63) is 12.5 Å². The lowest BCUT2D eigenvalue weighted by atomic mass is 10.0. The van der Waals surface area contributed by atoms with Crippen molar-refractivity contribution in [3.8, 4) is 0 Å². The van der Waals surface area contributed by atoms with Crippen LogP contribution in [-0.4, -0.2) is 28.0 Å². The van der Waals surface area contributed by atoms with Gasteiger partial charge in [-0.1, -0.05) is 0 Å². The summed E-state index contributed by atoms with van der Waals surface area (Å²) in [5.41, 5.74) is 0. The first-order valence-corrected chi connectivity index (χ1v) is 4.55. The zero-order valence-corrected chi connectivity index (χ0v) is 8.08. The van der Waals surface area contributed by atoms with Crippen LogP contribution in [0.2, 0.25) is 0 Å². The highest BCUT2D eigenvalue weighted by molar-refractivity contribution is 5.98. The molecule has 0 saturated carbocycles. The molecule has 6 nitrogen and oxygen atoms in total. The molecule has 15 heavy (non-hydrogen) atoms. The maximum absolute atomic E-state index is 11.6. The maximum atomic E-state index is 11.6. The van der Waals surface area contributed by atoms with E-state index in [0.717, 1.165) is 0 Å². The fraction of sp³-hybridized carbons (Fsp3) is 0.444. The lowest BCUT2D eigenvalue weighted by Crippen LogP contribution is -2.35. The van der Waals surface area contributed by atoms with Gasteiger partial charge in [0.15, 0.2) is 0 Å². The van der Waals surface area contributed by atoms with Gasteiger partial charge in [-0.15, -0.1) is 0 Å². The molecule has 2 atom stereocenters. The summed E-state index contributed by atoms with van der Waals surface area (Å²) in [5, 5.41) is 8.89. The second-order valence-electron chi connectivity index (χ2n) is 3.47. The largest absolute Gasteiger partial charge is 0.481 e. The number of hydrogen-bond donors (Lipinski definition) is 1. The van der Waals surface area contributed by atoms with E-state index in [-0.39, 0.29) is 18.3 Å². The number of carboxylic acid groups (broad SMARTS) is 1. The summed E-state index contributed by atoms with van der Waals surface area (Å²) >= 11 is 0. The number of oxazole rings is 1. The number of carbonyl (C=O) groups excluding carboxylic acids is 1. The Kier molecular flexibility index (Phi) is 2.18. The van der Waals surface area contributed by atoms with Crippen LogP contribution in [-0.2, 0) is 9.59 Å². The Morgan fingerprint density at radius 1 is 1.73 bits per heavy atom. The number of aliphatic carboxylic acids is 1. The summed E-state index contributed by atoms with van der Waals surface area (Å²) in [6.45, 7) is 1.67. The Morgan fingerprint density at radius 3 is 2.93 bits per heavy atom. The number of aromatic nitrogens is 1. The second kappa shape index (κ2) is 3.38. The first kappa shape index (κ1) is 9.70. The van der Waals surface area contributed by atoms with Crippen LogP contribution in [0.1, 0.15) is 13.3 Å². The molecule has 0 bridgehead atoms. The van der Waals surface area contributed by atoms with E-state index in [9.17, 15) is 9.59 Å². The highest BCUT2D eigenvalue weighted by Crippen LogP contribution is 2.29. The first-order chi connectivity index (χ1) is 7.11. The van der Waals surface area contributed by atoms with Crippen LogP contribution in [0.25, 0.3) is 0 Å². The molecule has 1 aliphatic rings. The Morgan fingerprint density at radius 2 is 2.47 bits per heavy atom. The van der Waals surface area contributed by atoms with Gasteiger partial charge in [0, 0.05) is 6.42 Å². The molecule has 1 aromatic rings. The molecule has 1 amide bonds. The van der Waals surface area contributed by atoms with Crippen LogP contribution in [0.15, 0.2) is 16.9 Å². The van der Waals surface area contributed by atoms with Crippen molar-refractivity contribution in [3.63, 3.8) is 0 Å². The van der Waals surface area contributed by atoms with Crippen molar-refractivity contribution >= 4 is 17.9 Å². The molecular formula is C9H10N2O4. The topological polar surface area (TPSA) is 83.6 Å². The summed E-state index contributed by atoms with van der Waals surface area (Å²) in [6, 6.07) is -0.259. The van der Waals surface area contributed by atoms with Crippen LogP contribution in [0.5, 0.6) is 0 Å². The summed E-state index contributed by atoms with van der Waals surface area (Å²) < 4.78 is 4.99. The van der Waals surface area contributed by atoms with Crippen LogP contribution in [0.3, 0.4) is 0 Å². The molecule has 80 valence electrons. The number of carboxylic acids is 1. The van der Waals surface area contributed by atoms with Gasteiger partial charge in [0.25, 0.3) is 0 Å². The van der Waals surface area contributed by atoms with E-state index >= 15 is 0 Å². The highest BCUT2D eigenvalue weighted by Gasteiger charge is 2.43. The second-order valence-corrected chi connectivity index (χ2v) is 3.47. The van der Waals surface area contributed by atoms with Crippen molar-refractivity contribution < 1.29 is 19.1 Å². The van der Waals surface area contributed by atoms with Crippen molar-refractivity contribution in [1.82, 2.24) is 4.98 Å². The lowest BCUT2D eigenvalue weighted by Gasteiger charge is -2.18. The number of nitrogens with zero attached hydrogens (tertiary/aromatic N) is 2. The molecule has 0 radical (unpaired) electrons. The van der Waals surface area contributed by atoms with Gasteiger partial charge in [-0.2, -0.15) is 0 Å². The smallest absolute Gasteiger partial charge is 0.309 e. The van der Waals surface area contributed by atoms with E-state index in [1.165, 1.54) is 17.4 Å².